The van der Waals surface area contributed by atoms with Crippen LogP contribution in [0.4, 0.5) is 52.7 Å². The number of halogens is 12. The second-order valence-corrected chi connectivity index (χ2v) is 19.1. The summed E-state index contributed by atoms with van der Waals surface area (Å²) in [5.41, 5.74) is 5.12. The molecule has 5 heterocycles. The minimum absolute atomic E-state index is 0. The Bertz CT molecular complexity index is 5200. The van der Waals surface area contributed by atoms with Gasteiger partial charge in [0, 0.05) is 147 Å². The number of benzene rings is 10. The number of hydrogen-bond acceptors (Lipinski definition) is 10. The van der Waals surface area contributed by atoms with Crippen molar-refractivity contribution in [2.45, 2.75) is 37.1 Å². The maximum Gasteiger partial charge on any atom is 0.111 e. The van der Waals surface area contributed by atoms with Gasteiger partial charge in [-0.3, -0.25) is 46.9 Å². The third-order valence-electron chi connectivity index (χ3n) is 13.3. The van der Waals surface area contributed by atoms with Gasteiger partial charge in [0.2, 0.25) is 0 Å². The van der Waals surface area contributed by atoms with Crippen LogP contribution >= 0.6 is 0 Å². The normalized spacial score (nSPS) is 9.76. The van der Waals surface area contributed by atoms with Gasteiger partial charge >= 0.3 is 0 Å². The molecule has 15 rings (SSSR count). The first-order chi connectivity index (χ1) is 44.6. The average Bonchev–Trinajstić information content (AvgIpc) is 0.795. The molecule has 10 aromatic carbocycles. The minimum atomic E-state index is -1.53. The van der Waals surface area contributed by atoms with Crippen molar-refractivity contribution in [2.75, 3.05) is 0 Å². The van der Waals surface area contributed by atoms with Gasteiger partial charge in [0.05, 0.1) is 62.5 Å². The van der Waals surface area contributed by atoms with E-state index in [-0.39, 0.29) is 171 Å². The fourth-order valence-electron chi connectivity index (χ4n) is 9.20. The van der Waals surface area contributed by atoms with Crippen LogP contribution in [-0.2, 0) is 101 Å². The topological polar surface area (TPSA) is 129 Å². The first-order valence-corrected chi connectivity index (χ1v) is 26.8. The number of rotatable bonds is 5. The van der Waals surface area contributed by atoms with Crippen molar-refractivity contribution in [3.05, 3.63) is 302 Å². The quantitative estimate of drug-likeness (QED) is 0.0711. The molecule has 102 heavy (non-hydrogen) atoms. The molecule has 10 nitrogen and oxygen atoms in total. The van der Waals surface area contributed by atoms with Crippen LogP contribution in [0.2, 0.25) is 0 Å². The van der Waals surface area contributed by atoms with E-state index in [1.807, 2.05) is 48.5 Å². The Morgan fingerprint density at radius 1 is 0.245 bits per heavy atom. The molecular weight excluding hydrogens is 2230 g/mol. The van der Waals surface area contributed by atoms with E-state index in [9.17, 15) is 52.7 Å². The summed E-state index contributed by atoms with van der Waals surface area (Å²) < 4.78 is 160. The number of aromatic nitrogens is 10. The van der Waals surface area contributed by atoms with Crippen LogP contribution in [0, 0.1) is 100 Å². The average molecular weight is 2280 g/mol. The van der Waals surface area contributed by atoms with Gasteiger partial charge in [0.15, 0.2) is 0 Å². The predicted octanol–water partition coefficient (Wildman–Crippen LogP) is 20.3. The van der Waals surface area contributed by atoms with Crippen LogP contribution in [0.3, 0.4) is 0 Å². The maximum atomic E-state index is 13.8. The Kier molecular flexibility index (Phi) is 37.6. The van der Waals surface area contributed by atoms with Gasteiger partial charge in [0.1, 0.15) is 37.5 Å². The van der Waals surface area contributed by atoms with Gasteiger partial charge in [-0.2, -0.15) is 0 Å². The summed E-state index contributed by atoms with van der Waals surface area (Å²) in [6.07, 6.45) is 6.55. The third kappa shape index (κ3) is 21.2. The smallest absolute Gasteiger partial charge is 0.111 e. The Morgan fingerprint density at radius 3 is 1.04 bits per heavy atom. The van der Waals surface area contributed by atoms with E-state index in [2.05, 4.69) is 80.2 Å². The van der Waals surface area contributed by atoms with Crippen molar-refractivity contribution in [1.82, 2.24) is 49.8 Å². The molecule has 537 valence electrons. The molecule has 0 saturated carbocycles. The molecule has 5 radical (unpaired) electrons. The summed E-state index contributed by atoms with van der Waals surface area (Å²) in [7, 11) is 0. The van der Waals surface area contributed by atoms with Gasteiger partial charge in [-0.25, -0.2) is 55.7 Å². The molecule has 0 unspecified atom stereocenters. The van der Waals surface area contributed by atoms with Crippen LogP contribution in [0.25, 0.3) is 111 Å². The second kappa shape index (κ2) is 42.0. The van der Waals surface area contributed by atoms with Crippen LogP contribution in [0.5, 0.6) is 0 Å². The molecule has 0 bridgehead atoms. The Labute approximate surface area is 647 Å². The van der Waals surface area contributed by atoms with E-state index >= 15 is 0 Å². The summed E-state index contributed by atoms with van der Waals surface area (Å²) in [4.78, 5) is 40.4. The Balaban J connectivity index is 0.000000622. The number of fused-ring (bicyclic) bond motifs is 5. The van der Waals surface area contributed by atoms with Crippen LogP contribution in [0.1, 0.15) is 37.1 Å². The second-order valence-electron chi connectivity index (χ2n) is 19.1. The standard InChI is InChI=1S/2C14H6F3N2.3C14H7F2N2.5CH4.5Ir/c15-8-5-10(13(17)11(16)6-8)14-9-3-1-2-4-12(9)18-7-19-14;15-10-6-5-9(12(16)13(10)17)14-8-3-1-2-4-11(8)18-7-19-14;15-10-5-9(6-11(16)7-10)14-12-3-1-2-4-13(12)17-8-18-14;15-9-5-6-12(16)11(7-9)14-10-3-1-2-4-13(10)17-8-18-14;15-11-6-5-9(7-12(11)16)14-10-3-1-2-4-13(10)17-8-18-14;;;;;;;;;;/h2*1-4,6-7H;1-5,7-8H;1-6,8H;1-4,6-8H;5*1H4;;;;;/q5*-1;;;;;;;;;;. The Morgan fingerprint density at radius 2 is 0.608 bits per heavy atom. The molecule has 0 saturated heterocycles. The van der Waals surface area contributed by atoms with E-state index < -0.39 is 69.8 Å². The number of para-hydroxylation sites is 5. The fourth-order valence-corrected chi connectivity index (χ4v) is 9.20. The van der Waals surface area contributed by atoms with Gasteiger partial charge in [-0.15, -0.1) is 77.9 Å². The molecule has 0 atom stereocenters. The molecule has 0 aliphatic heterocycles. The van der Waals surface area contributed by atoms with Crippen molar-refractivity contribution in [3.63, 3.8) is 0 Å². The zero-order valence-corrected chi connectivity index (χ0v) is 60.2. The number of nitrogens with zero attached hydrogens (tertiary/aromatic N) is 10. The molecule has 0 aliphatic rings. The summed E-state index contributed by atoms with van der Waals surface area (Å²) in [6.45, 7) is 0. The van der Waals surface area contributed by atoms with Crippen molar-refractivity contribution >= 4 is 54.5 Å². The third-order valence-corrected chi connectivity index (χ3v) is 13.3. The number of hydrogen-bond donors (Lipinski definition) is 0. The molecule has 0 fully saturated rings. The zero-order valence-electron chi connectivity index (χ0n) is 48.2. The summed E-state index contributed by atoms with van der Waals surface area (Å²) >= 11 is 0. The van der Waals surface area contributed by atoms with E-state index in [4.69, 9.17) is 0 Å². The van der Waals surface area contributed by atoms with Gasteiger partial charge in [-0.1, -0.05) is 157 Å². The van der Waals surface area contributed by atoms with E-state index in [0.717, 1.165) is 58.2 Å². The largest absolute Gasteiger partial charge is 0.285 e. The molecule has 0 amide bonds. The summed E-state index contributed by atoms with van der Waals surface area (Å²) in [5, 5.41) is 3.24. The summed E-state index contributed by atoms with van der Waals surface area (Å²) in [6, 6.07) is 54.9. The van der Waals surface area contributed by atoms with E-state index in [1.54, 1.807) is 72.8 Å². The Hall–Kier alpha value is -8.69. The van der Waals surface area contributed by atoms with Crippen molar-refractivity contribution < 1.29 is 153 Å². The first-order valence-electron chi connectivity index (χ1n) is 26.8. The van der Waals surface area contributed by atoms with Crippen LogP contribution < -0.4 is 0 Å². The fraction of sp³-hybridized carbons (Fsp3) is 0.0667. The van der Waals surface area contributed by atoms with Gasteiger partial charge in [0.25, 0.3) is 0 Å². The van der Waals surface area contributed by atoms with E-state index in [0.29, 0.717) is 61.4 Å². The predicted molar refractivity (Wildman–Crippen MR) is 352 cm³/mol. The van der Waals surface area contributed by atoms with Gasteiger partial charge < -0.3 is 0 Å². The van der Waals surface area contributed by atoms with Crippen molar-refractivity contribution in [2.24, 2.45) is 0 Å². The molecule has 27 heteroatoms. The summed E-state index contributed by atoms with van der Waals surface area (Å²) in [5.74, 6) is -11.9. The van der Waals surface area contributed by atoms with Gasteiger partial charge in [-0.05, 0) is 68.7 Å². The molecule has 0 spiro atoms. The molecule has 5 aromatic heterocycles. The monoisotopic (exact) mass is 2290 g/mol. The van der Waals surface area contributed by atoms with Crippen molar-refractivity contribution in [1.29, 1.82) is 0 Å². The van der Waals surface area contributed by atoms with Crippen molar-refractivity contribution in [3.8, 4) is 56.3 Å². The first kappa shape index (κ1) is 91.3. The maximum absolute atomic E-state index is 13.8. The zero-order chi connectivity index (χ0) is 64.4. The van der Waals surface area contributed by atoms with E-state index in [1.165, 1.54) is 37.7 Å². The molecular formula is C75H53F12Ir5N10-5. The molecule has 0 N–H and O–H groups in total. The minimum Gasteiger partial charge on any atom is -0.285 e. The van der Waals surface area contributed by atoms with Crippen LogP contribution in [-0.4, -0.2) is 49.8 Å². The molecule has 0 aliphatic carbocycles. The molecule has 15 aromatic rings. The SMILES string of the molecule is C.C.C.C.C.Fc1[c-]c(-c2ncnc3ccccc23)c(F)c(F)c1.Fc1[c-]c(-c2ncnc3ccccc23)c(F)cc1.Fc1[c-]c(-c2ncnc3ccccc23)cc(F)c1.Fc1c[c-]c(-c2ncnc3ccccc23)c(F)c1F.Fc1c[c-]c(-c2ncnc3ccccc23)cc1F.[Ir].[Ir].[Ir].[Ir].[Ir]. The van der Waals surface area contributed by atoms with Crippen LogP contribution in [0.15, 0.2) is 201 Å².